The number of hydrazone groups is 1. The molecule has 0 atom stereocenters. The van der Waals surface area contributed by atoms with E-state index < -0.39 is 4.92 Å². The van der Waals surface area contributed by atoms with Gasteiger partial charge < -0.3 is 8.98 Å². The van der Waals surface area contributed by atoms with Crippen LogP contribution < -0.4 is 5.43 Å². The Morgan fingerprint density at radius 1 is 0.923 bits per heavy atom. The second-order valence-electron chi connectivity index (χ2n) is 9.20. The number of hydrogen-bond acceptors (Lipinski definition) is 5. The van der Waals surface area contributed by atoms with Crippen molar-refractivity contribution < 1.29 is 14.1 Å². The molecule has 0 aliphatic rings. The Kier molecular flexibility index (Phi) is 6.93. The molecular formula is C31H26N4O4. The zero-order valence-electron chi connectivity index (χ0n) is 21.7. The van der Waals surface area contributed by atoms with E-state index in [2.05, 4.69) is 39.4 Å². The van der Waals surface area contributed by atoms with Crippen molar-refractivity contribution in [3.05, 3.63) is 129 Å². The number of carbonyl (C=O) groups is 1. The van der Waals surface area contributed by atoms with Crippen LogP contribution >= 0.6 is 0 Å². The first kappa shape index (κ1) is 25.4. The van der Waals surface area contributed by atoms with E-state index in [0.29, 0.717) is 28.2 Å². The molecule has 1 amide bonds. The molecule has 39 heavy (non-hydrogen) atoms. The Morgan fingerprint density at radius 2 is 1.67 bits per heavy atom. The van der Waals surface area contributed by atoms with Crippen LogP contribution in [0.3, 0.4) is 0 Å². The second kappa shape index (κ2) is 10.6. The number of rotatable bonds is 7. The molecule has 0 saturated carbocycles. The summed E-state index contributed by atoms with van der Waals surface area (Å²) >= 11 is 0. The zero-order chi connectivity index (χ0) is 27.5. The number of nitro groups is 1. The van der Waals surface area contributed by atoms with Crippen LogP contribution in [-0.2, 0) is 0 Å². The van der Waals surface area contributed by atoms with Gasteiger partial charge in [-0.1, -0.05) is 30.3 Å². The maximum Gasteiger partial charge on any atom is 0.273 e. The minimum absolute atomic E-state index is 0.0399. The number of benzene rings is 3. The van der Waals surface area contributed by atoms with Gasteiger partial charge in [-0.15, -0.1) is 0 Å². The topological polar surface area (TPSA) is 103 Å². The molecule has 5 aromatic rings. The van der Waals surface area contributed by atoms with E-state index in [0.717, 1.165) is 28.2 Å². The zero-order valence-corrected chi connectivity index (χ0v) is 21.7. The van der Waals surface area contributed by atoms with Gasteiger partial charge in [-0.2, -0.15) is 5.10 Å². The van der Waals surface area contributed by atoms with E-state index >= 15 is 0 Å². The molecule has 1 N–H and O–H groups in total. The molecule has 0 saturated heterocycles. The average Bonchev–Trinajstić information content (AvgIpc) is 3.57. The van der Waals surface area contributed by atoms with Gasteiger partial charge in [0.25, 0.3) is 11.6 Å². The van der Waals surface area contributed by atoms with Gasteiger partial charge in [-0.3, -0.25) is 14.9 Å². The minimum Gasteiger partial charge on any atom is -0.455 e. The molecule has 0 bridgehead atoms. The first-order chi connectivity index (χ1) is 18.8. The van der Waals surface area contributed by atoms with Crippen molar-refractivity contribution >= 4 is 17.8 Å². The number of hydrogen-bond donors (Lipinski definition) is 1. The Hall–Kier alpha value is -5.24. The lowest BCUT2D eigenvalue weighted by molar-refractivity contribution is -0.385. The summed E-state index contributed by atoms with van der Waals surface area (Å²) in [4.78, 5) is 23.6. The summed E-state index contributed by atoms with van der Waals surface area (Å²) in [5.41, 5.74) is 9.25. The quantitative estimate of drug-likeness (QED) is 0.142. The Balaban J connectivity index is 1.27. The predicted octanol–water partition coefficient (Wildman–Crippen LogP) is 7.00. The number of nitrogens with one attached hydrogen (secondary N) is 1. The van der Waals surface area contributed by atoms with Crippen molar-refractivity contribution in [3.63, 3.8) is 0 Å². The minimum atomic E-state index is -0.402. The lowest BCUT2D eigenvalue weighted by Crippen LogP contribution is -2.17. The number of amides is 1. The van der Waals surface area contributed by atoms with Crippen molar-refractivity contribution in [1.29, 1.82) is 0 Å². The van der Waals surface area contributed by atoms with Gasteiger partial charge in [0.1, 0.15) is 11.5 Å². The van der Waals surface area contributed by atoms with Crippen molar-refractivity contribution in [2.75, 3.05) is 0 Å². The third kappa shape index (κ3) is 5.26. The van der Waals surface area contributed by atoms with Crippen LogP contribution in [0, 0.1) is 30.9 Å². The standard InChI is InChI=1S/C31H26N4O4/c1-20-17-25(18-29(22(20)3)35(37)38)30-16-14-27(39-30)19-32-33-31(36)24-10-12-26(13-11-24)34-21(2)9-15-28(34)23-7-5-4-6-8-23/h4-19H,1-3H3,(H,33,36)/b32-19+. The molecule has 3 aromatic carbocycles. The number of nitrogens with zero attached hydrogens (tertiary/aromatic N) is 3. The molecule has 2 aromatic heterocycles. The highest BCUT2D eigenvalue weighted by atomic mass is 16.6. The molecule has 0 spiro atoms. The third-order valence-corrected chi connectivity index (χ3v) is 6.64. The van der Waals surface area contributed by atoms with Crippen LogP contribution in [0.4, 0.5) is 5.69 Å². The summed E-state index contributed by atoms with van der Waals surface area (Å²) in [6.45, 7) is 5.58. The average molecular weight is 519 g/mol. The fraction of sp³-hybridized carbons (Fsp3) is 0.0968. The van der Waals surface area contributed by atoms with E-state index in [4.69, 9.17) is 4.42 Å². The summed E-state index contributed by atoms with van der Waals surface area (Å²) < 4.78 is 7.92. The molecule has 194 valence electrons. The van der Waals surface area contributed by atoms with Crippen LogP contribution in [0.15, 0.2) is 101 Å². The number of aryl methyl sites for hydroxylation is 2. The Bertz CT molecular complexity index is 1700. The van der Waals surface area contributed by atoms with E-state index in [-0.39, 0.29) is 11.6 Å². The monoisotopic (exact) mass is 518 g/mol. The van der Waals surface area contributed by atoms with Crippen LogP contribution in [0.5, 0.6) is 0 Å². The smallest absolute Gasteiger partial charge is 0.273 e. The van der Waals surface area contributed by atoms with Gasteiger partial charge in [0.15, 0.2) is 0 Å². The highest BCUT2D eigenvalue weighted by Crippen LogP contribution is 2.30. The molecule has 0 aliphatic heterocycles. The second-order valence-corrected chi connectivity index (χ2v) is 9.20. The van der Waals surface area contributed by atoms with Crippen molar-refractivity contribution in [1.82, 2.24) is 9.99 Å². The number of aromatic nitrogens is 1. The summed E-state index contributed by atoms with van der Waals surface area (Å²) in [7, 11) is 0. The molecule has 0 unspecified atom stereocenters. The van der Waals surface area contributed by atoms with Crippen molar-refractivity contribution in [2.45, 2.75) is 20.8 Å². The highest BCUT2D eigenvalue weighted by Gasteiger charge is 2.16. The number of nitro benzene ring substituents is 1. The van der Waals surface area contributed by atoms with Gasteiger partial charge in [-0.05, 0) is 86.5 Å². The molecule has 0 aliphatic carbocycles. The first-order valence-electron chi connectivity index (χ1n) is 12.4. The normalized spacial score (nSPS) is 11.2. The Morgan fingerprint density at radius 3 is 2.38 bits per heavy atom. The van der Waals surface area contributed by atoms with Crippen molar-refractivity contribution in [2.24, 2.45) is 5.10 Å². The fourth-order valence-electron chi connectivity index (χ4n) is 4.45. The van der Waals surface area contributed by atoms with Gasteiger partial charge in [0, 0.05) is 34.1 Å². The summed E-state index contributed by atoms with van der Waals surface area (Å²) in [5, 5.41) is 15.4. The van der Waals surface area contributed by atoms with E-state index in [1.54, 1.807) is 31.2 Å². The third-order valence-electron chi connectivity index (χ3n) is 6.64. The van der Waals surface area contributed by atoms with E-state index in [1.807, 2.05) is 50.2 Å². The molecule has 0 radical (unpaired) electrons. The maximum atomic E-state index is 12.7. The lowest BCUT2D eigenvalue weighted by atomic mass is 10.0. The molecular weight excluding hydrogens is 492 g/mol. The maximum absolute atomic E-state index is 12.7. The Labute approximate surface area is 225 Å². The van der Waals surface area contributed by atoms with E-state index in [9.17, 15) is 14.9 Å². The molecule has 5 rings (SSSR count). The lowest BCUT2D eigenvalue weighted by Gasteiger charge is -2.12. The molecule has 2 heterocycles. The van der Waals surface area contributed by atoms with Gasteiger partial charge in [-0.25, -0.2) is 5.43 Å². The number of furan rings is 1. The summed E-state index contributed by atoms with van der Waals surface area (Å²) in [6.07, 6.45) is 1.39. The van der Waals surface area contributed by atoms with Crippen LogP contribution in [-0.4, -0.2) is 21.6 Å². The van der Waals surface area contributed by atoms with Crippen LogP contribution in [0.1, 0.15) is 32.9 Å². The molecule has 0 fully saturated rings. The van der Waals surface area contributed by atoms with Crippen molar-refractivity contribution in [3.8, 4) is 28.3 Å². The summed E-state index contributed by atoms with van der Waals surface area (Å²) in [5.74, 6) is 0.514. The predicted molar refractivity (Wildman–Crippen MR) is 151 cm³/mol. The van der Waals surface area contributed by atoms with Gasteiger partial charge in [0.05, 0.1) is 16.8 Å². The summed E-state index contributed by atoms with van der Waals surface area (Å²) in [6, 6.07) is 28.3. The highest BCUT2D eigenvalue weighted by molar-refractivity contribution is 5.95. The SMILES string of the molecule is Cc1cc(-c2ccc(/C=N/NC(=O)c3ccc(-n4c(C)ccc4-c4ccccc4)cc3)o2)cc([N+](=O)[O-])c1C. The molecule has 8 nitrogen and oxygen atoms in total. The molecule has 8 heteroatoms. The van der Waals surface area contributed by atoms with Crippen LogP contribution in [0.2, 0.25) is 0 Å². The van der Waals surface area contributed by atoms with Crippen LogP contribution in [0.25, 0.3) is 28.3 Å². The van der Waals surface area contributed by atoms with Gasteiger partial charge in [0.2, 0.25) is 0 Å². The largest absolute Gasteiger partial charge is 0.455 e. The first-order valence-corrected chi connectivity index (χ1v) is 12.4. The fourth-order valence-corrected chi connectivity index (χ4v) is 4.45. The van der Waals surface area contributed by atoms with E-state index in [1.165, 1.54) is 12.3 Å². The number of carbonyl (C=O) groups excluding carboxylic acids is 1. The van der Waals surface area contributed by atoms with Gasteiger partial charge >= 0.3 is 0 Å².